The first-order chi connectivity index (χ1) is 9.52. The van der Waals surface area contributed by atoms with Crippen LogP contribution in [-0.2, 0) is 0 Å². The summed E-state index contributed by atoms with van der Waals surface area (Å²) < 4.78 is 53.4. The molecule has 0 aromatic heterocycles. The Morgan fingerprint density at radius 1 is 0.950 bits per heavy atom. The van der Waals surface area contributed by atoms with Gasteiger partial charge in [-0.3, -0.25) is 0 Å². The maximum Gasteiger partial charge on any atom is 0.161 e. The molecule has 2 aromatic rings. The molecule has 0 aliphatic rings. The van der Waals surface area contributed by atoms with Crippen LogP contribution in [0.5, 0.6) is 0 Å². The Hall–Kier alpha value is -1.88. The van der Waals surface area contributed by atoms with Crippen LogP contribution >= 0.6 is 0 Å². The van der Waals surface area contributed by atoms with Crippen LogP contribution in [0.2, 0.25) is 0 Å². The van der Waals surface area contributed by atoms with E-state index in [-0.39, 0.29) is 5.56 Å². The summed E-state index contributed by atoms with van der Waals surface area (Å²) in [5.74, 6) is -3.74. The Bertz CT molecular complexity index is 613. The smallest absolute Gasteiger partial charge is 0.161 e. The molecule has 0 amide bonds. The third-order valence-corrected chi connectivity index (χ3v) is 2.94. The van der Waals surface area contributed by atoms with Crippen LogP contribution in [-0.4, -0.2) is 6.54 Å². The average Bonchev–Trinajstić information content (AvgIpc) is 2.40. The van der Waals surface area contributed by atoms with Gasteiger partial charge in [0, 0.05) is 11.6 Å². The average molecular weight is 283 g/mol. The fraction of sp³-hybridized carbons (Fsp3) is 0.200. The lowest BCUT2D eigenvalue weighted by Gasteiger charge is -2.20. The third-order valence-electron chi connectivity index (χ3n) is 2.94. The van der Waals surface area contributed by atoms with E-state index in [0.717, 1.165) is 6.07 Å². The minimum absolute atomic E-state index is 0.0589. The Morgan fingerprint density at radius 2 is 1.65 bits per heavy atom. The lowest BCUT2D eigenvalue weighted by Crippen LogP contribution is -2.23. The van der Waals surface area contributed by atoms with E-state index in [0.29, 0.717) is 18.2 Å². The van der Waals surface area contributed by atoms with Crippen molar-refractivity contribution in [2.24, 2.45) is 0 Å². The van der Waals surface area contributed by atoms with E-state index in [1.54, 1.807) is 13.0 Å². The molecule has 2 rings (SSSR count). The van der Waals surface area contributed by atoms with Crippen LogP contribution in [0.1, 0.15) is 24.1 Å². The van der Waals surface area contributed by atoms with E-state index in [9.17, 15) is 17.6 Å². The van der Waals surface area contributed by atoms with E-state index in [1.165, 1.54) is 18.2 Å². The number of halogens is 4. The SMILES string of the molecule is CCNC(c1cccc(F)c1)c1cc(F)c(F)cc1F. The first kappa shape index (κ1) is 14.5. The number of nitrogens with one attached hydrogen (secondary N) is 1. The van der Waals surface area contributed by atoms with Crippen molar-refractivity contribution in [2.45, 2.75) is 13.0 Å². The van der Waals surface area contributed by atoms with Crippen molar-refractivity contribution in [3.05, 3.63) is 70.8 Å². The van der Waals surface area contributed by atoms with Crippen molar-refractivity contribution in [3.63, 3.8) is 0 Å². The molecule has 0 aliphatic carbocycles. The van der Waals surface area contributed by atoms with Crippen molar-refractivity contribution >= 4 is 0 Å². The standard InChI is InChI=1S/C15H13F4N/c1-2-20-15(9-4-3-5-10(16)6-9)11-7-13(18)14(19)8-12(11)17/h3-8,15,20H,2H2,1H3. The Kier molecular flexibility index (Phi) is 4.39. The quantitative estimate of drug-likeness (QED) is 0.662. The minimum atomic E-state index is -1.25. The molecule has 0 saturated carbocycles. The van der Waals surface area contributed by atoms with Crippen LogP contribution in [0.25, 0.3) is 0 Å². The molecule has 0 bridgehead atoms. The highest BCUT2D eigenvalue weighted by Gasteiger charge is 2.20. The van der Waals surface area contributed by atoms with Crippen molar-refractivity contribution in [3.8, 4) is 0 Å². The lowest BCUT2D eigenvalue weighted by atomic mass is 9.97. The summed E-state index contributed by atoms with van der Waals surface area (Å²) >= 11 is 0. The van der Waals surface area contributed by atoms with Gasteiger partial charge in [0.05, 0.1) is 6.04 Å². The number of benzene rings is 2. The van der Waals surface area contributed by atoms with Crippen molar-refractivity contribution < 1.29 is 17.6 Å². The summed E-state index contributed by atoms with van der Waals surface area (Å²) in [7, 11) is 0. The van der Waals surface area contributed by atoms with E-state index >= 15 is 0 Å². The highest BCUT2D eigenvalue weighted by Crippen LogP contribution is 2.26. The normalized spacial score (nSPS) is 12.4. The van der Waals surface area contributed by atoms with E-state index < -0.39 is 29.3 Å². The van der Waals surface area contributed by atoms with Gasteiger partial charge in [-0.15, -0.1) is 0 Å². The molecule has 1 nitrogen and oxygen atoms in total. The van der Waals surface area contributed by atoms with Gasteiger partial charge >= 0.3 is 0 Å². The van der Waals surface area contributed by atoms with Gasteiger partial charge in [-0.1, -0.05) is 19.1 Å². The van der Waals surface area contributed by atoms with Crippen LogP contribution in [0.3, 0.4) is 0 Å². The fourth-order valence-electron chi connectivity index (χ4n) is 2.06. The topological polar surface area (TPSA) is 12.0 Å². The Morgan fingerprint density at radius 3 is 2.30 bits per heavy atom. The molecule has 1 atom stereocenters. The number of rotatable bonds is 4. The lowest BCUT2D eigenvalue weighted by molar-refractivity contribution is 0.480. The van der Waals surface area contributed by atoms with Gasteiger partial charge in [0.15, 0.2) is 11.6 Å². The van der Waals surface area contributed by atoms with Gasteiger partial charge < -0.3 is 5.32 Å². The Balaban J connectivity index is 2.51. The van der Waals surface area contributed by atoms with Crippen LogP contribution < -0.4 is 5.32 Å². The highest BCUT2D eigenvalue weighted by molar-refractivity contribution is 5.33. The molecule has 0 spiro atoms. The maximum absolute atomic E-state index is 13.8. The van der Waals surface area contributed by atoms with Gasteiger partial charge in [-0.25, -0.2) is 17.6 Å². The molecule has 20 heavy (non-hydrogen) atoms. The second kappa shape index (κ2) is 6.05. The zero-order valence-electron chi connectivity index (χ0n) is 10.8. The zero-order valence-corrected chi connectivity index (χ0v) is 10.8. The third kappa shape index (κ3) is 2.99. The van der Waals surface area contributed by atoms with Crippen LogP contribution in [0, 0.1) is 23.3 Å². The molecule has 0 aliphatic heterocycles. The van der Waals surface area contributed by atoms with Crippen molar-refractivity contribution in [1.29, 1.82) is 0 Å². The molecule has 0 radical (unpaired) electrons. The van der Waals surface area contributed by atoms with Gasteiger partial charge in [0.25, 0.3) is 0 Å². The first-order valence-corrected chi connectivity index (χ1v) is 6.16. The van der Waals surface area contributed by atoms with Crippen LogP contribution in [0.15, 0.2) is 36.4 Å². The molecule has 0 fully saturated rings. The summed E-state index contributed by atoms with van der Waals surface area (Å²) in [5, 5.41) is 2.93. The Labute approximate surface area is 114 Å². The van der Waals surface area contributed by atoms with Crippen LogP contribution in [0.4, 0.5) is 17.6 Å². The molecule has 5 heteroatoms. The van der Waals surface area contributed by atoms with Crippen molar-refractivity contribution in [1.82, 2.24) is 5.32 Å². The second-order valence-electron chi connectivity index (χ2n) is 4.33. The summed E-state index contributed by atoms with van der Waals surface area (Å²) in [5.41, 5.74) is 0.383. The van der Waals surface area contributed by atoms with Gasteiger partial charge in [-0.2, -0.15) is 0 Å². The first-order valence-electron chi connectivity index (χ1n) is 6.16. The molecular weight excluding hydrogens is 270 g/mol. The van der Waals surface area contributed by atoms with E-state index in [4.69, 9.17) is 0 Å². The van der Waals surface area contributed by atoms with Gasteiger partial charge in [-0.05, 0) is 30.3 Å². The molecule has 0 heterocycles. The molecule has 1 unspecified atom stereocenters. The van der Waals surface area contributed by atoms with Gasteiger partial charge in [0.2, 0.25) is 0 Å². The monoisotopic (exact) mass is 283 g/mol. The highest BCUT2D eigenvalue weighted by atomic mass is 19.2. The molecule has 0 saturated heterocycles. The fourth-order valence-corrected chi connectivity index (χ4v) is 2.06. The van der Waals surface area contributed by atoms with E-state index in [2.05, 4.69) is 5.32 Å². The number of hydrogen-bond donors (Lipinski definition) is 1. The summed E-state index contributed by atoms with van der Waals surface area (Å²) in [6.45, 7) is 2.24. The number of hydrogen-bond acceptors (Lipinski definition) is 1. The van der Waals surface area contributed by atoms with Gasteiger partial charge in [0.1, 0.15) is 11.6 Å². The summed E-state index contributed by atoms with van der Waals surface area (Å²) in [4.78, 5) is 0. The molecule has 2 aromatic carbocycles. The molecule has 106 valence electrons. The maximum atomic E-state index is 13.8. The predicted molar refractivity (Wildman–Crippen MR) is 68.2 cm³/mol. The summed E-state index contributed by atoms with van der Waals surface area (Å²) in [6, 6.07) is 6.11. The summed E-state index contributed by atoms with van der Waals surface area (Å²) in [6.07, 6.45) is 0. The van der Waals surface area contributed by atoms with Crippen molar-refractivity contribution in [2.75, 3.05) is 6.54 Å². The predicted octanol–water partition coefficient (Wildman–Crippen LogP) is 3.94. The zero-order chi connectivity index (χ0) is 14.7. The molecule has 1 N–H and O–H groups in total. The largest absolute Gasteiger partial charge is 0.306 e. The van der Waals surface area contributed by atoms with E-state index in [1.807, 2.05) is 0 Å². The minimum Gasteiger partial charge on any atom is -0.306 e. The second-order valence-corrected chi connectivity index (χ2v) is 4.33. The molecular formula is C15H13F4N.